The van der Waals surface area contributed by atoms with Gasteiger partial charge in [0.05, 0.1) is 6.54 Å². The Hall–Kier alpha value is -2.57. The van der Waals surface area contributed by atoms with Crippen LogP contribution in [0.1, 0.15) is 35.2 Å². The van der Waals surface area contributed by atoms with Crippen LogP contribution in [0.4, 0.5) is 0 Å². The Balaban J connectivity index is 1.79. The maximum Gasteiger partial charge on any atom is 0.253 e. The summed E-state index contributed by atoms with van der Waals surface area (Å²) in [6.07, 6.45) is 3.38. The second-order valence-corrected chi connectivity index (χ2v) is 6.62. The molecule has 2 amide bonds. The van der Waals surface area contributed by atoms with Crippen LogP contribution in [0.2, 0.25) is 0 Å². The molecule has 1 aliphatic heterocycles. The number of likely N-dealkylation sites (tertiary alicyclic amines) is 1. The van der Waals surface area contributed by atoms with Crippen LogP contribution in [0, 0.1) is 0 Å². The molecule has 1 aliphatic rings. The van der Waals surface area contributed by atoms with Gasteiger partial charge < -0.3 is 20.4 Å². The second-order valence-electron chi connectivity index (χ2n) is 6.62. The standard InChI is InChI=1S/C19H29N5O2/c1-20-19(22-14-17(25)24-11-5-4-6-12-24)21-13-15-7-9-16(10-8-15)18(26)23(2)3/h7-10H,4-6,11-14H2,1-3H3,(H2,20,21,22). The number of rotatable bonds is 5. The second kappa shape index (κ2) is 9.79. The number of guanidine groups is 1. The third-order valence-electron chi connectivity index (χ3n) is 4.41. The number of nitrogens with one attached hydrogen (secondary N) is 2. The van der Waals surface area contributed by atoms with E-state index in [0.717, 1.165) is 31.5 Å². The zero-order chi connectivity index (χ0) is 18.9. The van der Waals surface area contributed by atoms with Gasteiger partial charge in [0.2, 0.25) is 5.91 Å². The number of carbonyl (C=O) groups is 2. The van der Waals surface area contributed by atoms with Gasteiger partial charge in [0, 0.05) is 46.3 Å². The van der Waals surface area contributed by atoms with Crippen LogP contribution in [0.15, 0.2) is 29.3 Å². The SMILES string of the molecule is CN=C(NCC(=O)N1CCCCC1)NCc1ccc(C(=O)N(C)C)cc1. The van der Waals surface area contributed by atoms with E-state index >= 15 is 0 Å². The molecule has 1 heterocycles. The summed E-state index contributed by atoms with van der Waals surface area (Å²) in [6, 6.07) is 7.45. The molecule has 1 fully saturated rings. The smallest absolute Gasteiger partial charge is 0.253 e. The Labute approximate surface area is 155 Å². The van der Waals surface area contributed by atoms with Gasteiger partial charge in [-0.1, -0.05) is 12.1 Å². The van der Waals surface area contributed by atoms with Crippen LogP contribution in [0.25, 0.3) is 0 Å². The highest BCUT2D eigenvalue weighted by Crippen LogP contribution is 2.08. The highest BCUT2D eigenvalue weighted by Gasteiger charge is 2.16. The predicted octanol–water partition coefficient (Wildman–Crippen LogP) is 1.07. The molecule has 26 heavy (non-hydrogen) atoms. The molecule has 7 nitrogen and oxygen atoms in total. The zero-order valence-electron chi connectivity index (χ0n) is 15.9. The number of hydrogen-bond acceptors (Lipinski definition) is 3. The largest absolute Gasteiger partial charge is 0.352 e. The fourth-order valence-corrected chi connectivity index (χ4v) is 2.84. The maximum absolute atomic E-state index is 12.2. The molecule has 0 unspecified atom stereocenters. The topological polar surface area (TPSA) is 77.0 Å². The van der Waals surface area contributed by atoms with Gasteiger partial charge in [-0.05, 0) is 37.0 Å². The van der Waals surface area contributed by atoms with Crippen molar-refractivity contribution in [1.29, 1.82) is 0 Å². The number of hydrogen-bond donors (Lipinski definition) is 2. The summed E-state index contributed by atoms with van der Waals surface area (Å²) in [5.74, 6) is 0.682. The third kappa shape index (κ3) is 5.75. The van der Waals surface area contributed by atoms with Crippen molar-refractivity contribution in [2.45, 2.75) is 25.8 Å². The van der Waals surface area contributed by atoms with Gasteiger partial charge in [-0.15, -0.1) is 0 Å². The van der Waals surface area contributed by atoms with Gasteiger partial charge in [0.1, 0.15) is 0 Å². The molecule has 1 aromatic rings. The Morgan fingerprint density at radius 2 is 1.73 bits per heavy atom. The number of benzene rings is 1. The van der Waals surface area contributed by atoms with Crippen LogP contribution < -0.4 is 10.6 Å². The fraction of sp³-hybridized carbons (Fsp3) is 0.526. The Kier molecular flexibility index (Phi) is 7.44. The van der Waals surface area contributed by atoms with Gasteiger partial charge in [-0.3, -0.25) is 14.6 Å². The minimum Gasteiger partial charge on any atom is -0.352 e. The summed E-state index contributed by atoms with van der Waals surface area (Å²) >= 11 is 0. The molecule has 1 saturated heterocycles. The molecule has 7 heteroatoms. The molecule has 0 saturated carbocycles. The predicted molar refractivity (Wildman–Crippen MR) is 103 cm³/mol. The third-order valence-corrected chi connectivity index (χ3v) is 4.41. The molecule has 1 aromatic carbocycles. The van der Waals surface area contributed by atoms with E-state index in [1.807, 2.05) is 29.2 Å². The summed E-state index contributed by atoms with van der Waals surface area (Å²) < 4.78 is 0. The molecule has 0 bridgehead atoms. The van der Waals surface area contributed by atoms with Gasteiger partial charge in [-0.25, -0.2) is 0 Å². The highest BCUT2D eigenvalue weighted by molar-refractivity contribution is 5.93. The normalized spacial score (nSPS) is 14.7. The van der Waals surface area contributed by atoms with Crippen LogP contribution >= 0.6 is 0 Å². The summed E-state index contributed by atoms with van der Waals surface area (Å²) in [5.41, 5.74) is 1.69. The Morgan fingerprint density at radius 1 is 1.08 bits per heavy atom. The number of piperidine rings is 1. The van der Waals surface area contributed by atoms with Crippen LogP contribution in [0.3, 0.4) is 0 Å². The molecular weight excluding hydrogens is 330 g/mol. The van der Waals surface area contributed by atoms with Crippen molar-refractivity contribution in [1.82, 2.24) is 20.4 Å². The van der Waals surface area contributed by atoms with Crippen LogP contribution in [0.5, 0.6) is 0 Å². The van der Waals surface area contributed by atoms with E-state index < -0.39 is 0 Å². The number of amides is 2. The van der Waals surface area contributed by atoms with Gasteiger partial charge in [-0.2, -0.15) is 0 Å². The highest BCUT2D eigenvalue weighted by atomic mass is 16.2. The minimum atomic E-state index is -0.0155. The molecule has 0 atom stereocenters. The molecule has 2 rings (SSSR count). The lowest BCUT2D eigenvalue weighted by Gasteiger charge is -2.27. The first-order valence-corrected chi connectivity index (χ1v) is 9.04. The first-order chi connectivity index (χ1) is 12.5. The van der Waals surface area contributed by atoms with E-state index in [9.17, 15) is 9.59 Å². The average Bonchev–Trinajstić information content (AvgIpc) is 2.68. The Bertz CT molecular complexity index is 634. The van der Waals surface area contributed by atoms with Crippen molar-refractivity contribution in [2.75, 3.05) is 40.8 Å². The van der Waals surface area contributed by atoms with Crippen LogP contribution in [-0.2, 0) is 11.3 Å². The maximum atomic E-state index is 12.2. The lowest BCUT2D eigenvalue weighted by atomic mass is 10.1. The van der Waals surface area contributed by atoms with Crippen LogP contribution in [-0.4, -0.2) is 68.4 Å². The Morgan fingerprint density at radius 3 is 2.31 bits per heavy atom. The molecule has 0 aromatic heterocycles. The summed E-state index contributed by atoms with van der Waals surface area (Å²) in [6.45, 7) is 2.51. The molecule has 0 spiro atoms. The lowest BCUT2D eigenvalue weighted by molar-refractivity contribution is -0.130. The molecule has 0 radical (unpaired) electrons. The van der Waals surface area contributed by atoms with E-state index in [0.29, 0.717) is 18.1 Å². The monoisotopic (exact) mass is 359 g/mol. The van der Waals surface area contributed by atoms with Crippen molar-refractivity contribution in [3.63, 3.8) is 0 Å². The summed E-state index contributed by atoms with van der Waals surface area (Å²) in [4.78, 5) is 31.7. The van der Waals surface area contributed by atoms with Gasteiger partial charge in [0.15, 0.2) is 5.96 Å². The first kappa shape index (κ1) is 19.8. The van der Waals surface area contributed by atoms with Crippen molar-refractivity contribution in [3.05, 3.63) is 35.4 Å². The van der Waals surface area contributed by atoms with E-state index in [4.69, 9.17) is 0 Å². The molecule has 2 N–H and O–H groups in total. The minimum absolute atomic E-state index is 0.0155. The molecule has 142 valence electrons. The average molecular weight is 359 g/mol. The van der Waals surface area contributed by atoms with Crippen molar-refractivity contribution >= 4 is 17.8 Å². The van der Waals surface area contributed by atoms with Gasteiger partial charge in [0.25, 0.3) is 5.91 Å². The fourth-order valence-electron chi connectivity index (χ4n) is 2.84. The van der Waals surface area contributed by atoms with E-state index in [1.54, 1.807) is 26.0 Å². The number of carbonyl (C=O) groups excluding carboxylic acids is 2. The van der Waals surface area contributed by atoms with Crippen molar-refractivity contribution in [2.24, 2.45) is 4.99 Å². The molecule has 0 aliphatic carbocycles. The number of nitrogens with zero attached hydrogens (tertiary/aromatic N) is 3. The van der Waals surface area contributed by atoms with E-state index in [-0.39, 0.29) is 18.4 Å². The van der Waals surface area contributed by atoms with Crippen molar-refractivity contribution < 1.29 is 9.59 Å². The van der Waals surface area contributed by atoms with Gasteiger partial charge >= 0.3 is 0 Å². The van der Waals surface area contributed by atoms with E-state index in [2.05, 4.69) is 15.6 Å². The first-order valence-electron chi connectivity index (χ1n) is 9.04. The number of aliphatic imine (C=N–C) groups is 1. The summed E-state index contributed by atoms with van der Waals surface area (Å²) in [7, 11) is 5.15. The zero-order valence-corrected chi connectivity index (χ0v) is 15.9. The summed E-state index contributed by atoms with van der Waals surface area (Å²) in [5, 5.41) is 6.26. The molecular formula is C19H29N5O2. The lowest BCUT2D eigenvalue weighted by Crippen LogP contribution is -2.45. The van der Waals surface area contributed by atoms with Crippen molar-refractivity contribution in [3.8, 4) is 0 Å². The van der Waals surface area contributed by atoms with E-state index in [1.165, 1.54) is 6.42 Å². The quantitative estimate of drug-likeness (QED) is 0.609.